The van der Waals surface area contributed by atoms with Crippen molar-refractivity contribution in [1.29, 1.82) is 0 Å². The van der Waals surface area contributed by atoms with E-state index in [2.05, 4.69) is 20.8 Å². The van der Waals surface area contributed by atoms with Crippen LogP contribution in [-0.4, -0.2) is 13.2 Å². The molecule has 4 atom stereocenters. The van der Waals surface area contributed by atoms with Crippen molar-refractivity contribution >= 4 is 0 Å². The summed E-state index contributed by atoms with van der Waals surface area (Å²) < 4.78 is 5.52. The van der Waals surface area contributed by atoms with E-state index in [1.807, 2.05) is 0 Å². The quantitative estimate of drug-likeness (QED) is 0.665. The van der Waals surface area contributed by atoms with E-state index in [0.717, 1.165) is 25.0 Å². The predicted molar refractivity (Wildman–Crippen MR) is 54.0 cm³/mol. The summed E-state index contributed by atoms with van der Waals surface area (Å²) in [5.41, 5.74) is 0.231. The molecular formula is C12H20OY-2. The number of hydrogen-bond donors (Lipinski definition) is 0. The van der Waals surface area contributed by atoms with Crippen LogP contribution in [0.3, 0.4) is 0 Å². The zero-order valence-electron chi connectivity index (χ0n) is 9.17. The Morgan fingerprint density at radius 2 is 2.00 bits per heavy atom. The van der Waals surface area contributed by atoms with E-state index in [9.17, 15) is 0 Å². The van der Waals surface area contributed by atoms with Crippen molar-refractivity contribution in [3.63, 3.8) is 0 Å². The minimum Gasteiger partial charge on any atom is -0.381 e. The van der Waals surface area contributed by atoms with Crippen LogP contribution in [0.25, 0.3) is 0 Å². The molecule has 0 amide bonds. The minimum absolute atomic E-state index is 0. The molecule has 0 bridgehead atoms. The summed E-state index contributed by atoms with van der Waals surface area (Å²) >= 11 is 0. The van der Waals surface area contributed by atoms with Gasteiger partial charge in [-0.25, -0.2) is 0 Å². The maximum absolute atomic E-state index is 5.52. The molecule has 79 valence electrons. The Morgan fingerprint density at radius 1 is 1.36 bits per heavy atom. The van der Waals surface area contributed by atoms with Gasteiger partial charge >= 0.3 is 0 Å². The minimum atomic E-state index is 0. The summed E-state index contributed by atoms with van der Waals surface area (Å²) in [5.74, 6) is 2.07. The standard InChI is InChI=1S/C12H20O.Y/c1-9(2)12(3)5-4-10-7-13-8-11(10)6-12;/h9-11H,1,3-8H2,2H3;/q-2;. The second-order valence-electron chi connectivity index (χ2n) is 5.06. The van der Waals surface area contributed by atoms with Gasteiger partial charge < -0.3 is 18.6 Å². The van der Waals surface area contributed by atoms with Gasteiger partial charge in [0.05, 0.1) is 0 Å². The van der Waals surface area contributed by atoms with Gasteiger partial charge in [0.2, 0.25) is 0 Å². The molecule has 1 heterocycles. The van der Waals surface area contributed by atoms with E-state index in [1.54, 1.807) is 0 Å². The number of rotatable bonds is 1. The zero-order valence-corrected chi connectivity index (χ0v) is 12.0. The van der Waals surface area contributed by atoms with Crippen LogP contribution in [0.1, 0.15) is 26.2 Å². The maximum atomic E-state index is 5.52. The van der Waals surface area contributed by atoms with Crippen LogP contribution < -0.4 is 0 Å². The number of ether oxygens (including phenoxy) is 1. The molecule has 1 radical (unpaired) electrons. The summed E-state index contributed by atoms with van der Waals surface area (Å²) in [6.45, 7) is 12.7. The fourth-order valence-corrected chi connectivity index (χ4v) is 2.73. The first-order chi connectivity index (χ1) is 6.12. The topological polar surface area (TPSA) is 9.23 Å². The average Bonchev–Trinajstić information content (AvgIpc) is 2.50. The van der Waals surface area contributed by atoms with Crippen LogP contribution in [0.5, 0.6) is 0 Å². The van der Waals surface area contributed by atoms with Crippen LogP contribution in [0.4, 0.5) is 0 Å². The fraction of sp³-hybridized carbons (Fsp3) is 0.833. The van der Waals surface area contributed by atoms with Gasteiger partial charge in [-0.15, -0.1) is 0 Å². The van der Waals surface area contributed by atoms with Gasteiger partial charge in [0.1, 0.15) is 0 Å². The molecule has 0 aromatic carbocycles. The molecule has 0 aromatic heterocycles. The van der Waals surface area contributed by atoms with Crippen LogP contribution in [0, 0.1) is 37.0 Å². The Hall–Kier alpha value is 1.06. The average molecular weight is 269 g/mol. The summed E-state index contributed by atoms with van der Waals surface area (Å²) in [6, 6.07) is 0. The molecule has 1 saturated carbocycles. The van der Waals surface area contributed by atoms with Crippen molar-refractivity contribution < 1.29 is 37.4 Å². The number of fused-ring (bicyclic) bond motifs is 1. The first-order valence-corrected chi connectivity index (χ1v) is 5.38. The van der Waals surface area contributed by atoms with Crippen LogP contribution in [0.2, 0.25) is 0 Å². The smallest absolute Gasteiger partial charge is 0.0497 e. The Bertz CT molecular complexity index is 193. The van der Waals surface area contributed by atoms with E-state index in [4.69, 9.17) is 4.74 Å². The molecule has 1 aliphatic heterocycles. The Kier molecular flexibility index (Phi) is 4.62. The van der Waals surface area contributed by atoms with Gasteiger partial charge in [0, 0.05) is 45.9 Å². The van der Waals surface area contributed by atoms with Crippen molar-refractivity contribution in [3.05, 3.63) is 13.8 Å². The summed E-state index contributed by atoms with van der Waals surface area (Å²) in [6.07, 6.45) is 3.76. The van der Waals surface area contributed by atoms with E-state index in [1.165, 1.54) is 19.3 Å². The molecule has 2 rings (SSSR count). The molecule has 0 N–H and O–H groups in total. The van der Waals surface area contributed by atoms with Gasteiger partial charge in [-0.1, -0.05) is 19.8 Å². The Morgan fingerprint density at radius 3 is 2.64 bits per heavy atom. The SMILES string of the molecule is [CH2-]C(C)C1([CH2-])CCC2COCC2C1.[Y]. The normalized spacial score (nSPS) is 43.9. The summed E-state index contributed by atoms with van der Waals surface area (Å²) in [5, 5.41) is 0. The van der Waals surface area contributed by atoms with E-state index >= 15 is 0 Å². The molecule has 1 aliphatic carbocycles. The zero-order chi connectivity index (χ0) is 9.47. The molecule has 0 spiro atoms. The van der Waals surface area contributed by atoms with Crippen molar-refractivity contribution in [1.82, 2.24) is 0 Å². The first kappa shape index (κ1) is 13.1. The maximum Gasteiger partial charge on any atom is 0.0497 e. The van der Waals surface area contributed by atoms with Crippen molar-refractivity contribution in [3.8, 4) is 0 Å². The Balaban J connectivity index is 0.000000980. The molecule has 0 aromatic rings. The van der Waals surface area contributed by atoms with Crippen molar-refractivity contribution in [2.75, 3.05) is 13.2 Å². The monoisotopic (exact) mass is 269 g/mol. The van der Waals surface area contributed by atoms with E-state index < -0.39 is 0 Å². The molecule has 2 fully saturated rings. The van der Waals surface area contributed by atoms with Gasteiger partial charge in [-0.05, 0) is 18.3 Å². The second kappa shape index (κ2) is 4.93. The molecule has 14 heavy (non-hydrogen) atoms. The third-order valence-corrected chi connectivity index (χ3v) is 4.06. The molecule has 4 unspecified atom stereocenters. The van der Waals surface area contributed by atoms with Crippen LogP contribution in [0.15, 0.2) is 0 Å². The Labute approximate surface area is 113 Å². The predicted octanol–water partition coefficient (Wildman–Crippen LogP) is 2.72. The van der Waals surface area contributed by atoms with Crippen LogP contribution in [-0.2, 0) is 37.4 Å². The summed E-state index contributed by atoms with van der Waals surface area (Å²) in [4.78, 5) is 0. The first-order valence-electron chi connectivity index (χ1n) is 5.38. The third-order valence-electron chi connectivity index (χ3n) is 4.06. The van der Waals surface area contributed by atoms with E-state index in [0.29, 0.717) is 5.92 Å². The molecule has 1 saturated heterocycles. The van der Waals surface area contributed by atoms with Gasteiger partial charge in [0.15, 0.2) is 0 Å². The van der Waals surface area contributed by atoms with Gasteiger partial charge in [-0.2, -0.15) is 11.3 Å². The summed E-state index contributed by atoms with van der Waals surface area (Å²) in [7, 11) is 0. The van der Waals surface area contributed by atoms with E-state index in [-0.39, 0.29) is 38.1 Å². The molecule has 1 nitrogen and oxygen atoms in total. The third kappa shape index (κ3) is 2.41. The van der Waals surface area contributed by atoms with Crippen molar-refractivity contribution in [2.45, 2.75) is 26.2 Å². The van der Waals surface area contributed by atoms with Gasteiger partial charge in [0.25, 0.3) is 0 Å². The molecule has 2 aliphatic rings. The molecule has 2 heteroatoms. The molecular weight excluding hydrogens is 249 g/mol. The van der Waals surface area contributed by atoms with Crippen LogP contribution >= 0.6 is 0 Å². The van der Waals surface area contributed by atoms with Crippen molar-refractivity contribution in [2.24, 2.45) is 23.2 Å². The van der Waals surface area contributed by atoms with Gasteiger partial charge in [-0.3, -0.25) is 0 Å². The fourth-order valence-electron chi connectivity index (χ4n) is 2.73. The second-order valence-corrected chi connectivity index (χ2v) is 5.06. The largest absolute Gasteiger partial charge is 0.381 e. The number of hydrogen-bond acceptors (Lipinski definition) is 1.